The summed E-state index contributed by atoms with van der Waals surface area (Å²) in [4.78, 5) is 38.8. The van der Waals surface area contributed by atoms with E-state index in [0.29, 0.717) is 11.1 Å². The number of carbonyl (C=O) groups is 3. The minimum Gasteiger partial charge on any atom is -0.468 e. The number of esters is 1. The van der Waals surface area contributed by atoms with Gasteiger partial charge in [0, 0.05) is 17.7 Å². The fraction of sp³-hybridized carbons (Fsp3) is 0.300. The first-order valence-corrected chi connectivity index (χ1v) is 9.37. The van der Waals surface area contributed by atoms with Gasteiger partial charge in [-0.2, -0.15) is 5.26 Å². The maximum absolute atomic E-state index is 13.0. The number of allylic oxidation sites excluding steroid dienone is 2. The molecule has 1 aromatic rings. The Bertz CT molecular complexity index is 1010. The van der Waals surface area contributed by atoms with Gasteiger partial charge >= 0.3 is 5.97 Å². The van der Waals surface area contributed by atoms with Crippen LogP contribution in [-0.4, -0.2) is 41.8 Å². The Kier molecular flexibility index (Phi) is 5.44. The number of rotatable bonds is 4. The van der Waals surface area contributed by atoms with Crippen LogP contribution in [0.25, 0.3) is 0 Å². The maximum atomic E-state index is 13.0. The normalized spacial score (nSPS) is 27.6. The lowest BCUT2D eigenvalue weighted by Gasteiger charge is -2.32. The van der Waals surface area contributed by atoms with Gasteiger partial charge in [-0.3, -0.25) is 14.4 Å². The van der Waals surface area contributed by atoms with E-state index in [4.69, 9.17) is 33.7 Å². The van der Waals surface area contributed by atoms with Crippen molar-refractivity contribution in [2.45, 2.75) is 24.9 Å². The van der Waals surface area contributed by atoms with Crippen molar-refractivity contribution in [3.63, 3.8) is 0 Å². The van der Waals surface area contributed by atoms with Gasteiger partial charge in [-0.15, -0.1) is 0 Å². The van der Waals surface area contributed by atoms with E-state index in [0.717, 1.165) is 7.11 Å². The van der Waals surface area contributed by atoms with E-state index in [1.54, 1.807) is 18.2 Å². The number of nitriles is 1. The van der Waals surface area contributed by atoms with Crippen LogP contribution in [0.5, 0.6) is 0 Å². The maximum Gasteiger partial charge on any atom is 0.329 e. The van der Waals surface area contributed by atoms with Crippen molar-refractivity contribution in [2.75, 3.05) is 7.11 Å². The molecule has 2 aliphatic heterocycles. The fourth-order valence-corrected chi connectivity index (χ4v) is 4.54. The molecule has 1 fully saturated rings. The molecule has 0 aliphatic carbocycles. The Labute approximate surface area is 177 Å². The van der Waals surface area contributed by atoms with Crippen molar-refractivity contribution < 1.29 is 19.1 Å². The number of halogens is 2. The highest BCUT2D eigenvalue weighted by molar-refractivity contribution is 6.42. The van der Waals surface area contributed by atoms with Crippen LogP contribution < -0.4 is 5.73 Å². The SMILES string of the molecule is COC(=O)[C@]1(C#N)[C@H](c2cccc(Cl)c2Cl)[C@@H](C(N)=O)N2C=C(C(C)=O)C=C[C@H]21. The van der Waals surface area contributed by atoms with Gasteiger partial charge in [0.25, 0.3) is 0 Å². The number of hydrogen-bond donors (Lipinski definition) is 1. The summed E-state index contributed by atoms with van der Waals surface area (Å²) >= 11 is 12.6. The highest BCUT2D eigenvalue weighted by Gasteiger charge is 2.66. The monoisotopic (exact) mass is 433 g/mol. The summed E-state index contributed by atoms with van der Waals surface area (Å²) < 4.78 is 4.96. The molecule has 0 saturated carbocycles. The molecule has 3 rings (SSSR count). The predicted molar refractivity (Wildman–Crippen MR) is 106 cm³/mol. The lowest BCUT2D eigenvalue weighted by Crippen LogP contribution is -2.45. The number of amides is 1. The lowest BCUT2D eigenvalue weighted by atomic mass is 9.68. The van der Waals surface area contributed by atoms with E-state index in [-0.39, 0.29) is 15.8 Å². The third-order valence-corrected chi connectivity index (χ3v) is 6.22. The second kappa shape index (κ2) is 7.54. The van der Waals surface area contributed by atoms with Crippen LogP contribution in [0.1, 0.15) is 18.4 Å². The number of nitrogens with zero attached hydrogens (tertiary/aromatic N) is 2. The molecular formula is C20H17Cl2N3O4. The number of fused-ring (bicyclic) bond motifs is 1. The topological polar surface area (TPSA) is 113 Å². The van der Waals surface area contributed by atoms with Gasteiger partial charge in [-0.25, -0.2) is 0 Å². The van der Waals surface area contributed by atoms with Crippen molar-refractivity contribution in [3.8, 4) is 6.07 Å². The first kappa shape index (κ1) is 20.9. The largest absolute Gasteiger partial charge is 0.468 e. The van der Waals surface area contributed by atoms with Crippen molar-refractivity contribution >= 4 is 40.9 Å². The molecule has 2 aliphatic rings. The van der Waals surface area contributed by atoms with Gasteiger partial charge in [0.2, 0.25) is 5.91 Å². The van der Waals surface area contributed by atoms with E-state index < -0.39 is 35.3 Å². The van der Waals surface area contributed by atoms with E-state index in [2.05, 4.69) is 6.07 Å². The summed E-state index contributed by atoms with van der Waals surface area (Å²) in [6.07, 6.45) is 4.49. The van der Waals surface area contributed by atoms with Crippen LogP contribution in [-0.2, 0) is 19.1 Å². The van der Waals surface area contributed by atoms with Crippen LogP contribution in [0, 0.1) is 16.7 Å². The highest BCUT2D eigenvalue weighted by atomic mass is 35.5. The third kappa shape index (κ3) is 3.00. The van der Waals surface area contributed by atoms with Crippen LogP contribution >= 0.6 is 23.2 Å². The molecule has 0 aromatic heterocycles. The number of ether oxygens (including phenoxy) is 1. The third-order valence-electron chi connectivity index (χ3n) is 5.38. The van der Waals surface area contributed by atoms with Gasteiger partial charge in [0.15, 0.2) is 11.2 Å². The Balaban J connectivity index is 2.36. The number of nitrogens with two attached hydrogens (primary N) is 1. The minimum absolute atomic E-state index is 0.105. The molecule has 150 valence electrons. The highest BCUT2D eigenvalue weighted by Crippen LogP contribution is 2.55. The number of methoxy groups -OCH3 is 1. The standard InChI is InChI=1S/C20H17Cl2N3O4/c1-10(26)11-6-7-14-20(9-23,19(28)29-2)15(17(18(24)27)25(14)8-11)12-4-3-5-13(21)16(12)22/h3-8,14-15,17H,1-2H3,(H2,24,27)/t14-,15+,17-,20-/m0/s1. The first-order valence-electron chi connectivity index (χ1n) is 8.62. The molecule has 7 nitrogen and oxygen atoms in total. The molecule has 29 heavy (non-hydrogen) atoms. The molecular weight excluding hydrogens is 417 g/mol. The Morgan fingerprint density at radius 2 is 2.00 bits per heavy atom. The zero-order valence-corrected chi connectivity index (χ0v) is 17.1. The number of carbonyl (C=O) groups excluding carboxylic acids is 3. The Morgan fingerprint density at radius 1 is 1.31 bits per heavy atom. The van der Waals surface area contributed by atoms with Crippen molar-refractivity contribution in [2.24, 2.45) is 11.1 Å². The number of ketones is 1. The quantitative estimate of drug-likeness (QED) is 0.728. The molecule has 2 N–H and O–H groups in total. The number of benzene rings is 1. The molecule has 1 aromatic carbocycles. The van der Waals surface area contributed by atoms with Gasteiger partial charge in [0.05, 0.1) is 29.3 Å². The van der Waals surface area contributed by atoms with Crippen LogP contribution in [0.4, 0.5) is 0 Å². The van der Waals surface area contributed by atoms with E-state index >= 15 is 0 Å². The molecule has 2 heterocycles. The van der Waals surface area contributed by atoms with Crippen molar-refractivity contribution in [1.29, 1.82) is 5.26 Å². The molecule has 9 heteroatoms. The zero-order valence-electron chi connectivity index (χ0n) is 15.6. The average molecular weight is 434 g/mol. The predicted octanol–water partition coefficient (Wildman–Crippen LogP) is 2.34. The fourth-order valence-electron chi connectivity index (χ4n) is 4.12. The molecule has 0 radical (unpaired) electrons. The van der Waals surface area contributed by atoms with Crippen LogP contribution in [0.2, 0.25) is 10.0 Å². The van der Waals surface area contributed by atoms with Gasteiger partial charge in [0.1, 0.15) is 6.04 Å². The summed E-state index contributed by atoms with van der Waals surface area (Å²) in [5.41, 5.74) is 4.48. The molecule has 1 amide bonds. The molecule has 0 unspecified atom stereocenters. The number of hydrogen-bond acceptors (Lipinski definition) is 6. The number of Topliss-reactive ketones (excluding diaryl/α,β-unsaturated/α-hetero) is 1. The summed E-state index contributed by atoms with van der Waals surface area (Å²) in [5.74, 6) is -2.95. The summed E-state index contributed by atoms with van der Waals surface area (Å²) in [6.45, 7) is 1.37. The smallest absolute Gasteiger partial charge is 0.329 e. The van der Waals surface area contributed by atoms with Gasteiger partial charge in [-0.05, 0) is 18.6 Å². The lowest BCUT2D eigenvalue weighted by molar-refractivity contribution is -0.150. The van der Waals surface area contributed by atoms with E-state index in [9.17, 15) is 19.6 Å². The van der Waals surface area contributed by atoms with E-state index in [1.807, 2.05) is 0 Å². The van der Waals surface area contributed by atoms with Crippen LogP contribution in [0.15, 0.2) is 42.1 Å². The summed E-state index contributed by atoms with van der Waals surface area (Å²) in [7, 11) is 1.16. The first-order chi connectivity index (χ1) is 13.7. The van der Waals surface area contributed by atoms with E-state index in [1.165, 1.54) is 30.2 Å². The minimum atomic E-state index is -1.85. The second-order valence-electron chi connectivity index (χ2n) is 6.83. The Hall–Kier alpha value is -2.82. The second-order valence-corrected chi connectivity index (χ2v) is 7.62. The van der Waals surface area contributed by atoms with Crippen molar-refractivity contribution in [1.82, 2.24) is 4.90 Å². The molecule has 0 bridgehead atoms. The molecule has 0 spiro atoms. The average Bonchev–Trinajstić information content (AvgIpc) is 2.99. The zero-order chi connectivity index (χ0) is 21.5. The van der Waals surface area contributed by atoms with Gasteiger partial charge < -0.3 is 15.4 Å². The number of primary amides is 1. The Morgan fingerprint density at radius 3 is 2.55 bits per heavy atom. The van der Waals surface area contributed by atoms with Gasteiger partial charge in [-0.1, -0.05) is 47.5 Å². The van der Waals surface area contributed by atoms with Crippen molar-refractivity contribution in [3.05, 3.63) is 57.7 Å². The molecule has 1 saturated heterocycles. The van der Waals surface area contributed by atoms with Crippen LogP contribution in [0.3, 0.4) is 0 Å². The molecule has 4 atom stereocenters. The summed E-state index contributed by atoms with van der Waals surface area (Å²) in [6, 6.07) is 4.75. The summed E-state index contributed by atoms with van der Waals surface area (Å²) in [5, 5.41) is 10.5.